The Labute approximate surface area is 333 Å². The van der Waals surface area contributed by atoms with Gasteiger partial charge >= 0.3 is 5.97 Å². The molecule has 1 amide bonds. The molecule has 0 saturated heterocycles. The highest BCUT2D eigenvalue weighted by molar-refractivity contribution is 5.77. The SMILES string of the molecule is CC/C=C/C/C=C/C/C=C/CCCCC(CC(=O)NC(CO)C(O)CCCCCCCCCCCC)OC(=O)CC/C=C/C/C=C\CCCCCCCC. The Morgan fingerprint density at radius 2 is 1.00 bits per heavy atom. The minimum absolute atomic E-state index is 0.0273. The van der Waals surface area contributed by atoms with Crippen molar-refractivity contribution in [1.82, 2.24) is 5.32 Å². The molecule has 0 fully saturated rings. The number of unbranched alkanes of at least 4 members (excludes halogenated alkanes) is 17. The Hall–Kier alpha value is -2.44. The van der Waals surface area contributed by atoms with Gasteiger partial charge in [0.05, 0.1) is 25.2 Å². The van der Waals surface area contributed by atoms with Crippen LogP contribution in [0.2, 0.25) is 0 Å². The van der Waals surface area contributed by atoms with Crippen molar-refractivity contribution < 1.29 is 24.5 Å². The van der Waals surface area contributed by atoms with Crippen LogP contribution >= 0.6 is 0 Å². The summed E-state index contributed by atoms with van der Waals surface area (Å²) >= 11 is 0. The molecule has 0 bridgehead atoms. The Bertz CT molecular complexity index is 984. The number of rotatable bonds is 39. The average Bonchev–Trinajstić information content (AvgIpc) is 3.16. The van der Waals surface area contributed by atoms with Gasteiger partial charge < -0.3 is 20.3 Å². The van der Waals surface area contributed by atoms with E-state index in [0.29, 0.717) is 19.3 Å². The first-order valence-corrected chi connectivity index (χ1v) is 22.5. The minimum atomic E-state index is -0.805. The van der Waals surface area contributed by atoms with E-state index in [-0.39, 0.29) is 31.3 Å². The van der Waals surface area contributed by atoms with Crippen molar-refractivity contribution in [1.29, 1.82) is 0 Å². The summed E-state index contributed by atoms with van der Waals surface area (Å²) in [5.41, 5.74) is 0. The molecule has 0 aromatic heterocycles. The van der Waals surface area contributed by atoms with Crippen molar-refractivity contribution >= 4 is 11.9 Å². The number of hydrogen-bond donors (Lipinski definition) is 3. The fourth-order valence-electron chi connectivity index (χ4n) is 6.44. The summed E-state index contributed by atoms with van der Waals surface area (Å²) in [7, 11) is 0. The van der Waals surface area contributed by atoms with Gasteiger partial charge in [-0.3, -0.25) is 9.59 Å². The first kappa shape index (κ1) is 51.6. The van der Waals surface area contributed by atoms with Crippen LogP contribution in [0, 0.1) is 0 Å². The van der Waals surface area contributed by atoms with Crippen LogP contribution in [0.25, 0.3) is 0 Å². The average molecular weight is 756 g/mol. The third kappa shape index (κ3) is 36.5. The van der Waals surface area contributed by atoms with E-state index in [4.69, 9.17) is 4.74 Å². The molecule has 0 aromatic carbocycles. The molecule has 6 nitrogen and oxygen atoms in total. The molecule has 6 heteroatoms. The zero-order valence-electron chi connectivity index (χ0n) is 35.3. The molecular weight excluding hydrogens is 671 g/mol. The Kier molecular flexibility index (Phi) is 39.8. The molecule has 0 aliphatic heterocycles. The van der Waals surface area contributed by atoms with E-state index in [1.807, 2.05) is 6.08 Å². The maximum Gasteiger partial charge on any atom is 0.306 e. The van der Waals surface area contributed by atoms with Crippen molar-refractivity contribution in [2.75, 3.05) is 6.61 Å². The molecule has 0 rings (SSSR count). The number of aliphatic hydroxyl groups excluding tert-OH is 2. The maximum absolute atomic E-state index is 13.1. The number of allylic oxidation sites excluding steroid dienone is 10. The van der Waals surface area contributed by atoms with Gasteiger partial charge in [-0.05, 0) is 77.0 Å². The Morgan fingerprint density at radius 3 is 1.54 bits per heavy atom. The molecule has 3 N–H and O–H groups in total. The van der Waals surface area contributed by atoms with Gasteiger partial charge in [-0.25, -0.2) is 0 Å². The lowest BCUT2D eigenvalue weighted by molar-refractivity contribution is -0.150. The smallest absolute Gasteiger partial charge is 0.306 e. The van der Waals surface area contributed by atoms with Gasteiger partial charge in [0.25, 0.3) is 0 Å². The highest BCUT2D eigenvalue weighted by Gasteiger charge is 2.23. The number of aliphatic hydroxyl groups is 2. The van der Waals surface area contributed by atoms with Gasteiger partial charge in [-0.1, -0.05) is 178 Å². The van der Waals surface area contributed by atoms with Gasteiger partial charge in [0.15, 0.2) is 0 Å². The van der Waals surface area contributed by atoms with Crippen molar-refractivity contribution in [2.45, 2.75) is 225 Å². The summed E-state index contributed by atoms with van der Waals surface area (Å²) in [5.74, 6) is -0.599. The zero-order valence-corrected chi connectivity index (χ0v) is 35.3. The predicted molar refractivity (Wildman–Crippen MR) is 232 cm³/mol. The van der Waals surface area contributed by atoms with Gasteiger partial charge in [-0.2, -0.15) is 0 Å². The second-order valence-corrected chi connectivity index (χ2v) is 15.1. The van der Waals surface area contributed by atoms with Gasteiger partial charge in [0.2, 0.25) is 5.91 Å². The van der Waals surface area contributed by atoms with Crippen LogP contribution in [0.4, 0.5) is 0 Å². The summed E-state index contributed by atoms with van der Waals surface area (Å²) in [6.45, 7) is 6.30. The third-order valence-corrected chi connectivity index (χ3v) is 9.84. The Balaban J connectivity index is 4.75. The molecule has 0 radical (unpaired) electrons. The van der Waals surface area contributed by atoms with Crippen molar-refractivity contribution in [3.63, 3.8) is 0 Å². The quantitative estimate of drug-likeness (QED) is 0.0330. The van der Waals surface area contributed by atoms with E-state index < -0.39 is 18.2 Å². The lowest BCUT2D eigenvalue weighted by Crippen LogP contribution is -2.46. The first-order chi connectivity index (χ1) is 26.5. The van der Waals surface area contributed by atoms with Crippen LogP contribution in [0.3, 0.4) is 0 Å². The number of amides is 1. The van der Waals surface area contributed by atoms with E-state index in [2.05, 4.69) is 80.8 Å². The second-order valence-electron chi connectivity index (χ2n) is 15.1. The molecule has 0 aliphatic carbocycles. The van der Waals surface area contributed by atoms with Crippen molar-refractivity contribution in [3.05, 3.63) is 60.8 Å². The Morgan fingerprint density at radius 1 is 0.556 bits per heavy atom. The number of carbonyl (C=O) groups excluding carboxylic acids is 2. The summed E-state index contributed by atoms with van der Waals surface area (Å²) in [6.07, 6.45) is 50.1. The molecular formula is C48H85NO5. The normalized spacial score (nSPS) is 13.9. The monoisotopic (exact) mass is 756 g/mol. The van der Waals surface area contributed by atoms with Gasteiger partial charge in [0, 0.05) is 6.42 Å². The summed E-state index contributed by atoms with van der Waals surface area (Å²) in [6, 6.07) is -0.723. The van der Waals surface area contributed by atoms with Crippen LogP contribution in [-0.2, 0) is 14.3 Å². The number of ether oxygens (including phenoxy) is 1. The number of esters is 1. The first-order valence-electron chi connectivity index (χ1n) is 22.5. The fourth-order valence-corrected chi connectivity index (χ4v) is 6.44. The largest absolute Gasteiger partial charge is 0.462 e. The standard InChI is InChI=1S/C48H85NO5/c1-4-7-10-13-16-19-22-24-26-29-32-35-38-41-48(53)54-44(39-36-33-30-27-25-23-20-17-14-11-8-5-2)42-47(52)49-45(43-50)46(51)40-37-34-31-28-21-18-15-12-9-6-3/h8,11,17,20,24-27,32,35,44-46,50-51H,4-7,9-10,12-16,18-19,21-23,28-31,33-34,36-43H2,1-3H3,(H,49,52)/b11-8+,20-17+,26-24-,27-25+,35-32+. The maximum atomic E-state index is 13.1. The minimum Gasteiger partial charge on any atom is -0.462 e. The highest BCUT2D eigenvalue weighted by Crippen LogP contribution is 2.16. The van der Waals surface area contributed by atoms with Crippen molar-refractivity contribution in [3.8, 4) is 0 Å². The molecule has 0 heterocycles. The third-order valence-electron chi connectivity index (χ3n) is 9.84. The second kappa shape index (κ2) is 41.7. The van der Waals surface area contributed by atoms with E-state index >= 15 is 0 Å². The van der Waals surface area contributed by atoms with Crippen LogP contribution in [0.15, 0.2) is 60.8 Å². The predicted octanol–water partition coefficient (Wildman–Crippen LogP) is 12.9. The lowest BCUT2D eigenvalue weighted by Gasteiger charge is -2.24. The number of hydrogen-bond acceptors (Lipinski definition) is 5. The lowest BCUT2D eigenvalue weighted by atomic mass is 10.0. The molecule has 3 unspecified atom stereocenters. The molecule has 0 saturated carbocycles. The highest BCUT2D eigenvalue weighted by atomic mass is 16.5. The molecule has 54 heavy (non-hydrogen) atoms. The van der Waals surface area contributed by atoms with E-state index in [1.54, 1.807) is 0 Å². The molecule has 0 spiro atoms. The van der Waals surface area contributed by atoms with E-state index in [9.17, 15) is 19.8 Å². The molecule has 0 aromatic rings. The van der Waals surface area contributed by atoms with Crippen LogP contribution < -0.4 is 5.32 Å². The van der Waals surface area contributed by atoms with Crippen LogP contribution in [-0.4, -0.2) is 46.9 Å². The summed E-state index contributed by atoms with van der Waals surface area (Å²) in [5, 5.41) is 23.6. The van der Waals surface area contributed by atoms with Crippen LogP contribution in [0.5, 0.6) is 0 Å². The summed E-state index contributed by atoms with van der Waals surface area (Å²) in [4.78, 5) is 25.9. The number of nitrogens with one attached hydrogen (secondary N) is 1. The van der Waals surface area contributed by atoms with Crippen molar-refractivity contribution in [2.24, 2.45) is 0 Å². The van der Waals surface area contributed by atoms with E-state index in [1.165, 1.54) is 83.5 Å². The molecule has 312 valence electrons. The molecule has 0 aliphatic rings. The fraction of sp³-hybridized carbons (Fsp3) is 0.750. The topological polar surface area (TPSA) is 95.9 Å². The van der Waals surface area contributed by atoms with Crippen LogP contribution in [0.1, 0.15) is 207 Å². The number of carbonyl (C=O) groups is 2. The molecule has 3 atom stereocenters. The van der Waals surface area contributed by atoms with E-state index in [0.717, 1.165) is 70.6 Å². The van der Waals surface area contributed by atoms with Gasteiger partial charge in [0.1, 0.15) is 6.10 Å². The van der Waals surface area contributed by atoms with Gasteiger partial charge in [-0.15, -0.1) is 0 Å². The summed E-state index contributed by atoms with van der Waals surface area (Å²) < 4.78 is 5.84. The zero-order chi connectivity index (χ0) is 39.6.